The Balaban J connectivity index is 2.41. The molecular formula is C12H21NO4S. The van der Waals surface area contributed by atoms with Gasteiger partial charge in [-0.1, -0.05) is 0 Å². The van der Waals surface area contributed by atoms with Crippen LogP contribution in [0.2, 0.25) is 0 Å². The number of thioether (sulfide) groups is 1. The number of nitrogens with one attached hydrogen (secondary N) is 1. The van der Waals surface area contributed by atoms with Crippen molar-refractivity contribution in [3.63, 3.8) is 0 Å². The Bertz CT molecular complexity index is 314. The molecular weight excluding hydrogens is 254 g/mol. The monoisotopic (exact) mass is 275 g/mol. The highest BCUT2D eigenvalue weighted by Gasteiger charge is 2.31. The van der Waals surface area contributed by atoms with Crippen LogP contribution >= 0.6 is 11.8 Å². The number of alkyl carbamates (subject to hydrolysis) is 1. The van der Waals surface area contributed by atoms with Crippen molar-refractivity contribution < 1.29 is 19.4 Å². The van der Waals surface area contributed by atoms with Gasteiger partial charge in [0.05, 0.1) is 5.92 Å². The number of hydrogen-bond donors (Lipinski definition) is 2. The SMILES string of the molecule is CC(C)(C)OC(=O)NCC1CSCCC1C(=O)O. The molecule has 104 valence electrons. The summed E-state index contributed by atoms with van der Waals surface area (Å²) in [4.78, 5) is 22.6. The lowest BCUT2D eigenvalue weighted by Gasteiger charge is -2.28. The van der Waals surface area contributed by atoms with E-state index in [1.807, 2.05) is 0 Å². The Kier molecular flexibility index (Phi) is 5.31. The van der Waals surface area contributed by atoms with Gasteiger partial charge in [-0.3, -0.25) is 4.79 Å². The lowest BCUT2D eigenvalue weighted by atomic mass is 9.91. The highest BCUT2D eigenvalue weighted by molar-refractivity contribution is 7.99. The second kappa shape index (κ2) is 6.31. The van der Waals surface area contributed by atoms with Gasteiger partial charge in [0.2, 0.25) is 0 Å². The van der Waals surface area contributed by atoms with E-state index in [4.69, 9.17) is 9.84 Å². The van der Waals surface area contributed by atoms with Crippen molar-refractivity contribution in [2.75, 3.05) is 18.1 Å². The molecule has 6 heteroatoms. The van der Waals surface area contributed by atoms with Gasteiger partial charge in [0.15, 0.2) is 0 Å². The summed E-state index contributed by atoms with van der Waals surface area (Å²) in [6, 6.07) is 0. The number of carbonyl (C=O) groups excluding carboxylic acids is 1. The van der Waals surface area contributed by atoms with Crippen LogP contribution in [0.3, 0.4) is 0 Å². The highest BCUT2D eigenvalue weighted by Crippen LogP contribution is 2.28. The minimum atomic E-state index is -0.772. The zero-order valence-corrected chi connectivity index (χ0v) is 11.9. The van der Waals surface area contributed by atoms with Gasteiger partial charge in [-0.25, -0.2) is 4.79 Å². The van der Waals surface area contributed by atoms with E-state index in [1.165, 1.54) is 0 Å². The van der Waals surface area contributed by atoms with Crippen molar-refractivity contribution in [3.8, 4) is 0 Å². The first-order chi connectivity index (χ1) is 8.29. The van der Waals surface area contributed by atoms with E-state index < -0.39 is 17.7 Å². The van der Waals surface area contributed by atoms with E-state index in [0.29, 0.717) is 13.0 Å². The standard InChI is InChI=1S/C12H21NO4S/c1-12(2,3)17-11(16)13-6-8-7-18-5-4-9(8)10(14)15/h8-9H,4-7H2,1-3H3,(H,13,16)(H,14,15). The van der Waals surface area contributed by atoms with E-state index in [1.54, 1.807) is 32.5 Å². The van der Waals surface area contributed by atoms with Crippen molar-refractivity contribution in [2.45, 2.75) is 32.8 Å². The molecule has 1 heterocycles. The predicted molar refractivity (Wildman–Crippen MR) is 70.8 cm³/mol. The third-order valence-electron chi connectivity index (χ3n) is 2.70. The molecule has 5 nitrogen and oxygen atoms in total. The van der Waals surface area contributed by atoms with E-state index in [9.17, 15) is 9.59 Å². The Morgan fingerprint density at radius 2 is 2.11 bits per heavy atom. The van der Waals surface area contributed by atoms with Gasteiger partial charge in [-0.2, -0.15) is 11.8 Å². The van der Waals surface area contributed by atoms with Crippen molar-refractivity contribution in [1.29, 1.82) is 0 Å². The number of hydrogen-bond acceptors (Lipinski definition) is 4. The molecule has 2 atom stereocenters. The van der Waals surface area contributed by atoms with Crippen LogP contribution in [-0.2, 0) is 9.53 Å². The number of carboxylic acid groups (broad SMARTS) is 1. The van der Waals surface area contributed by atoms with E-state index >= 15 is 0 Å². The van der Waals surface area contributed by atoms with Crippen molar-refractivity contribution >= 4 is 23.8 Å². The molecule has 1 amide bonds. The van der Waals surface area contributed by atoms with Crippen LogP contribution in [0.25, 0.3) is 0 Å². The van der Waals surface area contributed by atoms with Crippen LogP contribution in [0.5, 0.6) is 0 Å². The third-order valence-corrected chi connectivity index (χ3v) is 3.89. The van der Waals surface area contributed by atoms with Gasteiger partial charge in [0, 0.05) is 6.54 Å². The molecule has 0 bridgehead atoms. The molecule has 1 rings (SSSR count). The molecule has 2 N–H and O–H groups in total. The fourth-order valence-corrected chi connectivity index (χ4v) is 3.09. The molecule has 0 aromatic carbocycles. The van der Waals surface area contributed by atoms with Crippen LogP contribution < -0.4 is 5.32 Å². The topological polar surface area (TPSA) is 75.6 Å². The first kappa shape index (κ1) is 15.1. The summed E-state index contributed by atoms with van der Waals surface area (Å²) in [6.45, 7) is 5.74. The second-order valence-corrected chi connectivity index (χ2v) is 6.60. The third kappa shape index (κ3) is 5.16. The van der Waals surface area contributed by atoms with Gasteiger partial charge in [-0.05, 0) is 44.6 Å². The summed E-state index contributed by atoms with van der Waals surface area (Å²) in [5, 5.41) is 11.8. The van der Waals surface area contributed by atoms with Crippen LogP contribution in [-0.4, -0.2) is 40.8 Å². The molecule has 1 fully saturated rings. The molecule has 0 aromatic heterocycles. The van der Waals surface area contributed by atoms with E-state index in [-0.39, 0.29) is 11.8 Å². The number of carbonyl (C=O) groups is 2. The van der Waals surface area contributed by atoms with Crippen molar-refractivity contribution in [3.05, 3.63) is 0 Å². The maximum Gasteiger partial charge on any atom is 0.407 e. The largest absolute Gasteiger partial charge is 0.481 e. The normalized spacial score (nSPS) is 24.4. The fraction of sp³-hybridized carbons (Fsp3) is 0.833. The number of ether oxygens (including phenoxy) is 1. The summed E-state index contributed by atoms with van der Waals surface area (Å²) in [7, 11) is 0. The van der Waals surface area contributed by atoms with Gasteiger partial charge in [0.1, 0.15) is 5.60 Å². The van der Waals surface area contributed by atoms with Crippen LogP contribution in [0.4, 0.5) is 4.79 Å². The van der Waals surface area contributed by atoms with Crippen LogP contribution in [0, 0.1) is 11.8 Å². The maximum absolute atomic E-state index is 11.5. The Labute approximate surface area is 112 Å². The lowest BCUT2D eigenvalue weighted by molar-refractivity contribution is -0.143. The summed E-state index contributed by atoms with van der Waals surface area (Å²) in [5.41, 5.74) is -0.530. The molecule has 18 heavy (non-hydrogen) atoms. The summed E-state index contributed by atoms with van der Waals surface area (Å²) >= 11 is 1.73. The number of aliphatic carboxylic acids is 1. The van der Waals surface area contributed by atoms with Crippen molar-refractivity contribution in [1.82, 2.24) is 5.32 Å². The highest BCUT2D eigenvalue weighted by atomic mass is 32.2. The summed E-state index contributed by atoms with van der Waals surface area (Å²) < 4.78 is 5.12. The smallest absolute Gasteiger partial charge is 0.407 e. The quantitative estimate of drug-likeness (QED) is 0.823. The molecule has 1 aliphatic heterocycles. The predicted octanol–water partition coefficient (Wildman–Crippen LogP) is 1.97. The van der Waals surface area contributed by atoms with Crippen LogP contribution in [0.1, 0.15) is 27.2 Å². The van der Waals surface area contributed by atoms with Gasteiger partial charge < -0.3 is 15.2 Å². The number of carboxylic acids is 1. The molecule has 1 saturated heterocycles. The van der Waals surface area contributed by atoms with Gasteiger partial charge in [0.25, 0.3) is 0 Å². The van der Waals surface area contributed by atoms with Crippen LogP contribution in [0.15, 0.2) is 0 Å². The first-order valence-corrected chi connectivity index (χ1v) is 7.22. The zero-order valence-electron chi connectivity index (χ0n) is 11.1. The average Bonchev–Trinajstić information content (AvgIpc) is 2.24. The number of amides is 1. The maximum atomic E-state index is 11.5. The molecule has 0 radical (unpaired) electrons. The lowest BCUT2D eigenvalue weighted by Crippen LogP contribution is -2.40. The average molecular weight is 275 g/mol. The molecule has 2 unspecified atom stereocenters. The van der Waals surface area contributed by atoms with Crippen molar-refractivity contribution in [2.24, 2.45) is 11.8 Å². The minimum absolute atomic E-state index is 0.0197. The molecule has 0 spiro atoms. The van der Waals surface area contributed by atoms with Gasteiger partial charge >= 0.3 is 12.1 Å². The van der Waals surface area contributed by atoms with E-state index in [2.05, 4.69) is 5.32 Å². The minimum Gasteiger partial charge on any atom is -0.481 e. The summed E-state index contributed by atoms with van der Waals surface area (Å²) in [5.74, 6) is 0.494. The molecule has 1 aliphatic rings. The van der Waals surface area contributed by atoms with Gasteiger partial charge in [-0.15, -0.1) is 0 Å². The molecule has 0 aliphatic carbocycles. The summed E-state index contributed by atoms with van der Waals surface area (Å²) in [6.07, 6.45) is 0.183. The first-order valence-electron chi connectivity index (χ1n) is 6.07. The fourth-order valence-electron chi connectivity index (χ4n) is 1.85. The second-order valence-electron chi connectivity index (χ2n) is 5.45. The molecule has 0 saturated carbocycles. The Morgan fingerprint density at radius 3 is 2.67 bits per heavy atom. The number of rotatable bonds is 3. The Hall–Kier alpha value is -0.910. The molecule has 0 aromatic rings. The zero-order chi connectivity index (χ0) is 13.8. The van der Waals surface area contributed by atoms with E-state index in [0.717, 1.165) is 11.5 Å². The Morgan fingerprint density at radius 1 is 1.44 bits per heavy atom.